The molecule has 8 aromatic carbocycles. The van der Waals surface area contributed by atoms with Gasteiger partial charge in [-0.1, -0.05) is 69.8 Å². The van der Waals surface area contributed by atoms with Crippen molar-refractivity contribution < 1.29 is 79.9 Å². The Balaban J connectivity index is 0.000000182. The highest BCUT2D eigenvalue weighted by atomic mass is 19.4. The summed E-state index contributed by atoms with van der Waals surface area (Å²) in [6.45, 7) is 5.31. The highest BCUT2D eigenvalue weighted by molar-refractivity contribution is 6.25. The van der Waals surface area contributed by atoms with Gasteiger partial charge in [0.25, 0.3) is 0 Å². The maximum absolute atomic E-state index is 14.6. The molecule has 0 aromatic heterocycles. The molecular formula is C65H45F3O14. The highest BCUT2D eigenvalue weighted by Crippen LogP contribution is 2.47. The van der Waals surface area contributed by atoms with E-state index in [9.17, 15) is 51.5 Å². The largest absolute Gasteiger partial charge is 0.457 e. The first-order valence-electron chi connectivity index (χ1n) is 25.1. The van der Waals surface area contributed by atoms with Gasteiger partial charge in [-0.3, -0.25) is 19.2 Å². The number of carbonyl (C=O) groups excluding carboxylic acids is 8. The van der Waals surface area contributed by atoms with Crippen LogP contribution >= 0.6 is 0 Å². The third kappa shape index (κ3) is 10.3. The number of hydrogen-bond donors (Lipinski definition) is 0. The topological polar surface area (TPSA) is 192 Å². The molecule has 12 rings (SSSR count). The van der Waals surface area contributed by atoms with Crippen LogP contribution in [0.15, 0.2) is 170 Å². The van der Waals surface area contributed by atoms with E-state index in [1.165, 1.54) is 97.1 Å². The smallest absolute Gasteiger partial charge is 0.402 e. The maximum Gasteiger partial charge on any atom is 0.402 e. The maximum atomic E-state index is 14.6. The van der Waals surface area contributed by atoms with E-state index in [0.717, 1.165) is 18.1 Å². The second-order valence-electron chi connectivity index (χ2n) is 20.0. The van der Waals surface area contributed by atoms with Crippen molar-refractivity contribution in [3.63, 3.8) is 0 Å². The molecule has 4 aliphatic rings. The van der Waals surface area contributed by atoms with Crippen LogP contribution in [0.3, 0.4) is 0 Å². The van der Waals surface area contributed by atoms with Crippen molar-refractivity contribution in [2.24, 2.45) is 0 Å². The van der Waals surface area contributed by atoms with Crippen LogP contribution in [0.2, 0.25) is 0 Å². The number of carbonyl (C=O) groups is 8. The zero-order chi connectivity index (χ0) is 57.1. The summed E-state index contributed by atoms with van der Waals surface area (Å²) in [5, 5.41) is 0. The zero-order valence-corrected chi connectivity index (χ0v) is 42.9. The fraction of sp³-hybridized carbons (Fsp3) is 0.138. The lowest BCUT2D eigenvalue weighted by Crippen LogP contribution is -2.40. The summed E-state index contributed by atoms with van der Waals surface area (Å²) in [6, 6.07) is 44.5. The Labute approximate surface area is 465 Å². The summed E-state index contributed by atoms with van der Waals surface area (Å²) in [5.74, 6) is -0.655. The minimum atomic E-state index is -4.67. The molecule has 0 amide bonds. The van der Waals surface area contributed by atoms with Crippen molar-refractivity contribution in [2.45, 2.75) is 58.0 Å². The molecule has 0 fully saturated rings. The number of halogens is 3. The van der Waals surface area contributed by atoms with Gasteiger partial charge in [0.05, 0.1) is 35.1 Å². The number of hydrogen-bond acceptors (Lipinski definition) is 14. The molecule has 14 nitrogen and oxygen atoms in total. The summed E-state index contributed by atoms with van der Waals surface area (Å²) in [7, 11) is 0. The van der Waals surface area contributed by atoms with Gasteiger partial charge in [0.2, 0.25) is 0 Å². The molecule has 0 saturated carbocycles. The van der Waals surface area contributed by atoms with E-state index in [1.54, 1.807) is 24.3 Å². The zero-order valence-electron chi connectivity index (χ0n) is 42.9. The molecule has 82 heavy (non-hydrogen) atoms. The number of benzene rings is 8. The van der Waals surface area contributed by atoms with E-state index in [2.05, 4.69) is 23.3 Å². The molecule has 0 radical (unpaired) electrons. The Morgan fingerprint density at radius 2 is 0.561 bits per heavy atom. The summed E-state index contributed by atoms with van der Waals surface area (Å²) in [4.78, 5) is 94.6. The molecule has 0 bridgehead atoms. The van der Waals surface area contributed by atoms with Gasteiger partial charge in [-0.05, 0) is 151 Å². The van der Waals surface area contributed by atoms with E-state index < -0.39 is 35.5 Å². The van der Waals surface area contributed by atoms with Crippen molar-refractivity contribution in [1.29, 1.82) is 0 Å². The Morgan fingerprint density at radius 1 is 0.317 bits per heavy atom. The van der Waals surface area contributed by atoms with Crippen molar-refractivity contribution >= 4 is 47.0 Å². The third-order valence-electron chi connectivity index (χ3n) is 14.6. The van der Waals surface area contributed by atoms with Gasteiger partial charge < -0.3 is 28.4 Å². The molecule has 1 atom stereocenters. The standard InChI is InChI=1S/C32H19F3O7.C32H22O7.CH4/c1-31(32(33,34)35,17-2-6-19(7-3-17)40-21-10-12-23-25(14-21)28(37)16-27(23)36)18-4-8-20(9-5-18)41-22-11-13-24-26(15-22)30(39)42-29(24)38;1-32(2,18-3-7-20(8-4-18)37-22-11-13-24-26(15-22)29(34)17-28(24)33)19-5-9-21(10-6-19)38-23-12-14-25-27(16-23)31(36)39-30(25)35;/h2-15H,16H2,1H3;3-16H,17H2,1-2H3;1H4. The second-order valence-corrected chi connectivity index (χ2v) is 20.0. The predicted molar refractivity (Wildman–Crippen MR) is 289 cm³/mol. The molecule has 0 N–H and O–H groups in total. The van der Waals surface area contributed by atoms with Crippen LogP contribution in [0.1, 0.15) is 146 Å². The lowest BCUT2D eigenvalue weighted by atomic mass is 9.75. The van der Waals surface area contributed by atoms with Crippen molar-refractivity contribution in [3.05, 3.63) is 237 Å². The molecule has 2 aliphatic heterocycles. The van der Waals surface area contributed by atoms with Crippen LogP contribution in [-0.2, 0) is 20.3 Å². The fourth-order valence-electron chi connectivity index (χ4n) is 9.85. The lowest BCUT2D eigenvalue weighted by Gasteiger charge is -2.33. The van der Waals surface area contributed by atoms with Gasteiger partial charge >= 0.3 is 30.1 Å². The number of alkyl halides is 3. The van der Waals surface area contributed by atoms with E-state index in [-0.39, 0.29) is 111 Å². The number of Topliss-reactive ketones (excluding diaryl/α,β-unsaturated/α-hetero) is 4. The average molecular weight is 1110 g/mol. The third-order valence-corrected chi connectivity index (χ3v) is 14.6. The van der Waals surface area contributed by atoms with Crippen LogP contribution in [0, 0.1) is 0 Å². The van der Waals surface area contributed by atoms with Crippen LogP contribution in [-0.4, -0.2) is 53.2 Å². The highest BCUT2D eigenvalue weighted by Gasteiger charge is 2.53. The monoisotopic (exact) mass is 1110 g/mol. The Bertz CT molecular complexity index is 3740. The molecular weight excluding hydrogens is 1060 g/mol. The number of esters is 4. The van der Waals surface area contributed by atoms with E-state index in [4.69, 9.17) is 18.9 Å². The fourth-order valence-corrected chi connectivity index (χ4v) is 9.85. The Morgan fingerprint density at radius 3 is 0.866 bits per heavy atom. The Hall–Kier alpha value is -10.3. The van der Waals surface area contributed by atoms with Crippen molar-refractivity contribution in [3.8, 4) is 46.0 Å². The number of cyclic esters (lactones) is 4. The number of ketones is 4. The summed E-state index contributed by atoms with van der Waals surface area (Å²) in [6.07, 6.45) is -4.94. The normalized spacial score (nSPS) is 14.8. The minimum absolute atomic E-state index is 0. The van der Waals surface area contributed by atoms with E-state index in [1.807, 2.05) is 48.5 Å². The van der Waals surface area contributed by atoms with Gasteiger partial charge in [-0.15, -0.1) is 0 Å². The van der Waals surface area contributed by atoms with Gasteiger partial charge in [0.1, 0.15) is 51.4 Å². The van der Waals surface area contributed by atoms with Crippen LogP contribution in [0.25, 0.3) is 0 Å². The molecule has 0 saturated heterocycles. The van der Waals surface area contributed by atoms with E-state index >= 15 is 0 Å². The summed E-state index contributed by atoms with van der Waals surface area (Å²) in [5.41, 5.74) is 1.39. The van der Waals surface area contributed by atoms with Crippen LogP contribution < -0.4 is 18.9 Å². The molecule has 8 aromatic rings. The molecule has 1 unspecified atom stereocenters. The molecule has 2 aliphatic carbocycles. The van der Waals surface area contributed by atoms with Gasteiger partial charge in [0, 0.05) is 27.7 Å². The van der Waals surface area contributed by atoms with Crippen LogP contribution in [0.5, 0.6) is 46.0 Å². The van der Waals surface area contributed by atoms with Gasteiger partial charge in [-0.25, -0.2) is 19.2 Å². The quantitative estimate of drug-likeness (QED) is 0.0828. The molecule has 0 spiro atoms. The molecule has 2 heterocycles. The van der Waals surface area contributed by atoms with Crippen molar-refractivity contribution in [1.82, 2.24) is 0 Å². The van der Waals surface area contributed by atoms with Gasteiger partial charge in [0.15, 0.2) is 23.1 Å². The average Bonchev–Trinajstić information content (AvgIpc) is 3.31. The summed E-state index contributed by atoms with van der Waals surface area (Å²) < 4.78 is 76.2. The first kappa shape index (κ1) is 55.0. The van der Waals surface area contributed by atoms with E-state index in [0.29, 0.717) is 39.7 Å². The summed E-state index contributed by atoms with van der Waals surface area (Å²) >= 11 is 0. The lowest BCUT2D eigenvalue weighted by molar-refractivity contribution is -0.173. The Kier molecular flexibility index (Phi) is 14.1. The second kappa shape index (κ2) is 21.1. The van der Waals surface area contributed by atoms with Gasteiger partial charge in [-0.2, -0.15) is 13.2 Å². The van der Waals surface area contributed by atoms with Crippen LogP contribution in [0.4, 0.5) is 13.2 Å². The predicted octanol–water partition coefficient (Wildman–Crippen LogP) is 14.5. The molecule has 410 valence electrons. The minimum Gasteiger partial charge on any atom is -0.457 e. The first-order chi connectivity index (χ1) is 38.6. The number of rotatable bonds is 12. The van der Waals surface area contributed by atoms with Crippen molar-refractivity contribution in [2.75, 3.05) is 0 Å². The number of fused-ring (bicyclic) bond motifs is 4. The number of ether oxygens (including phenoxy) is 6. The first-order valence-corrected chi connectivity index (χ1v) is 25.1. The SMILES string of the molecule is C.CC(C)(c1ccc(Oc2ccc3c(c2)C(=O)CC3=O)cc1)c1ccc(Oc2ccc3c(c2)C(=O)OC3=O)cc1.CC(c1ccc(Oc2ccc3c(c2)C(=O)CC3=O)cc1)(c1ccc(Oc2ccc3c(c2)C(=O)OC3=O)cc1)C(F)(F)F. The molecule has 17 heteroatoms.